The fourth-order valence-corrected chi connectivity index (χ4v) is 12.2. The Hall–Kier alpha value is -6.14. The molecule has 0 aromatic heterocycles. The highest BCUT2D eigenvalue weighted by Crippen LogP contribution is 2.65. The molecule has 0 spiro atoms. The summed E-state index contributed by atoms with van der Waals surface area (Å²) in [6.07, 6.45) is 24.7. The highest BCUT2D eigenvalue weighted by atomic mass is 31.1. The van der Waals surface area contributed by atoms with Crippen molar-refractivity contribution in [2.75, 3.05) is 5.01 Å². The largest absolute Gasteiger partial charge is 0.280 e. The number of nitrogens with two attached hydrogens (primary N) is 1. The number of hydrazine groups is 1. The van der Waals surface area contributed by atoms with Gasteiger partial charge in [-0.05, 0) is 111 Å². The van der Waals surface area contributed by atoms with Gasteiger partial charge in [-0.2, -0.15) is 0 Å². The van der Waals surface area contributed by atoms with Gasteiger partial charge in [-0.3, -0.25) is 5.01 Å². The first-order chi connectivity index (χ1) is 27.1. The van der Waals surface area contributed by atoms with E-state index in [4.69, 9.17) is 5.84 Å². The second kappa shape index (κ2) is 14.3. The standard InChI is InChI=1S/C52H43N2P/c1-3-21-48-43(4-2)46-36-41(31-33-49(46)52(48,40-26-15-9-16-27-40)55-34-19-10-20-35-55)54(53)42-30-32-45-44-28-17-18-29-47(44)51(50(45)37-42,39-24-13-8-14-25-39)38-22-11-6-5-7-12-23-38/h3-10,13-37,55H,2,11,53H2,1H3/b6-5-,21-3-,38-22+. The summed E-state index contributed by atoms with van der Waals surface area (Å²) in [5.41, 5.74) is 18.3. The molecule has 0 saturated heterocycles. The molecule has 3 unspecified atom stereocenters. The highest BCUT2D eigenvalue weighted by Gasteiger charge is 2.48. The lowest BCUT2D eigenvalue weighted by Gasteiger charge is -2.37. The fraction of sp³-hybridized carbons (Fsp3) is 0.0769. The normalized spacial score (nSPS) is 23.3. The van der Waals surface area contributed by atoms with Gasteiger partial charge >= 0.3 is 0 Å². The molecule has 2 N–H and O–H groups in total. The zero-order valence-electron chi connectivity index (χ0n) is 31.0. The van der Waals surface area contributed by atoms with Crippen LogP contribution >= 0.6 is 7.55 Å². The van der Waals surface area contributed by atoms with Gasteiger partial charge in [-0.25, -0.2) is 5.84 Å². The summed E-state index contributed by atoms with van der Waals surface area (Å²) in [7, 11) is -1.25. The molecule has 0 bridgehead atoms. The Morgan fingerprint density at radius 1 is 0.727 bits per heavy atom. The van der Waals surface area contributed by atoms with Gasteiger partial charge in [0.1, 0.15) is 0 Å². The van der Waals surface area contributed by atoms with Gasteiger partial charge in [0, 0.05) is 0 Å². The van der Waals surface area contributed by atoms with Crippen LogP contribution in [0.3, 0.4) is 0 Å². The van der Waals surface area contributed by atoms with Crippen molar-refractivity contribution < 1.29 is 0 Å². The van der Waals surface area contributed by atoms with Crippen LogP contribution in [0.25, 0.3) is 16.7 Å². The number of hydrogen-bond acceptors (Lipinski definition) is 2. The molecular formula is C52H43N2P. The number of hydrogen-bond donors (Lipinski definition) is 1. The first-order valence-corrected chi connectivity index (χ1v) is 20.7. The molecule has 3 heteroatoms. The summed E-state index contributed by atoms with van der Waals surface area (Å²) in [6, 6.07) is 44.3. The molecular weight excluding hydrogens is 684 g/mol. The topological polar surface area (TPSA) is 29.3 Å². The molecule has 3 atom stereocenters. The maximum absolute atomic E-state index is 7.27. The Labute approximate surface area is 325 Å². The van der Waals surface area contributed by atoms with Gasteiger partial charge in [-0.15, -0.1) is 5.73 Å². The van der Waals surface area contributed by atoms with Crippen LogP contribution in [0.2, 0.25) is 0 Å². The zero-order valence-corrected chi connectivity index (χ0v) is 32.0. The summed E-state index contributed by atoms with van der Waals surface area (Å²) in [4.78, 5) is 0. The second-order valence-corrected chi connectivity index (χ2v) is 16.6. The summed E-state index contributed by atoms with van der Waals surface area (Å²) < 4.78 is 0. The van der Waals surface area contributed by atoms with Gasteiger partial charge in [0.15, 0.2) is 0 Å². The molecule has 2 nitrogen and oxygen atoms in total. The van der Waals surface area contributed by atoms with E-state index in [1.165, 1.54) is 55.7 Å². The van der Waals surface area contributed by atoms with Crippen LogP contribution in [0.4, 0.5) is 11.4 Å². The van der Waals surface area contributed by atoms with E-state index in [2.05, 4.69) is 207 Å². The third-order valence-corrected chi connectivity index (χ3v) is 14.4. The van der Waals surface area contributed by atoms with Crippen molar-refractivity contribution >= 4 is 30.3 Å². The lowest BCUT2D eigenvalue weighted by molar-refractivity contribution is 0.762. The van der Waals surface area contributed by atoms with Crippen molar-refractivity contribution in [2.24, 2.45) is 5.84 Å². The van der Waals surface area contributed by atoms with Gasteiger partial charge < -0.3 is 0 Å². The van der Waals surface area contributed by atoms with Crippen molar-refractivity contribution in [1.29, 1.82) is 0 Å². The summed E-state index contributed by atoms with van der Waals surface area (Å²) in [5, 5.41) is 1.51. The number of nitrogens with zero attached hydrogens (tertiary/aromatic N) is 1. The van der Waals surface area contributed by atoms with E-state index in [0.717, 1.165) is 23.4 Å². The Balaban J connectivity index is 1.24. The molecule has 3 aliphatic carbocycles. The van der Waals surface area contributed by atoms with Gasteiger partial charge in [-0.1, -0.05) is 177 Å². The molecule has 9 rings (SSSR count). The van der Waals surface area contributed by atoms with E-state index in [1.807, 2.05) is 17.2 Å². The minimum Gasteiger partial charge on any atom is -0.280 e. The molecule has 1 heterocycles. The second-order valence-electron chi connectivity index (χ2n) is 14.3. The van der Waals surface area contributed by atoms with E-state index >= 15 is 0 Å². The first-order valence-electron chi connectivity index (χ1n) is 19.0. The monoisotopic (exact) mass is 726 g/mol. The minimum atomic E-state index is -1.25. The molecule has 0 amide bonds. The smallest absolute Gasteiger partial charge is 0.0717 e. The van der Waals surface area contributed by atoms with Crippen LogP contribution in [0, 0.1) is 0 Å². The molecule has 0 fully saturated rings. The summed E-state index contributed by atoms with van der Waals surface area (Å²) in [5.74, 6) is 12.1. The van der Waals surface area contributed by atoms with Crippen LogP contribution in [-0.2, 0) is 10.6 Å². The number of benzene rings is 5. The average Bonchev–Trinajstić information content (AvgIpc) is 3.68. The van der Waals surface area contributed by atoms with Gasteiger partial charge in [0.25, 0.3) is 0 Å². The first kappa shape index (κ1) is 34.6. The zero-order chi connectivity index (χ0) is 37.4. The summed E-state index contributed by atoms with van der Waals surface area (Å²) >= 11 is 0. The van der Waals surface area contributed by atoms with Crippen molar-refractivity contribution in [1.82, 2.24) is 0 Å². The molecule has 266 valence electrons. The number of allylic oxidation sites excluding steroid dienone is 13. The molecule has 5 aromatic carbocycles. The Morgan fingerprint density at radius 3 is 2.22 bits per heavy atom. The quantitative estimate of drug-likeness (QED) is 0.0747. The molecule has 5 aromatic rings. The Kier molecular flexibility index (Phi) is 8.97. The van der Waals surface area contributed by atoms with E-state index in [1.54, 1.807) is 0 Å². The minimum absolute atomic E-state index is 0.340. The lowest BCUT2D eigenvalue weighted by Crippen LogP contribution is -2.30. The third kappa shape index (κ3) is 5.30. The van der Waals surface area contributed by atoms with Crippen molar-refractivity contribution in [2.45, 2.75) is 23.9 Å². The van der Waals surface area contributed by atoms with Gasteiger partial charge in [0.05, 0.1) is 21.9 Å². The van der Waals surface area contributed by atoms with Crippen molar-refractivity contribution in [3.8, 4) is 11.1 Å². The predicted molar refractivity (Wildman–Crippen MR) is 237 cm³/mol. The maximum Gasteiger partial charge on any atom is 0.0717 e. The van der Waals surface area contributed by atoms with E-state index in [0.29, 0.717) is 0 Å². The average molecular weight is 727 g/mol. The van der Waals surface area contributed by atoms with Crippen LogP contribution in [0.5, 0.6) is 0 Å². The molecule has 0 saturated carbocycles. The Morgan fingerprint density at radius 2 is 1.45 bits per heavy atom. The number of anilines is 2. The summed E-state index contributed by atoms with van der Waals surface area (Å²) in [6.45, 7) is 6.49. The van der Waals surface area contributed by atoms with E-state index in [-0.39, 0.29) is 5.16 Å². The van der Waals surface area contributed by atoms with Crippen molar-refractivity contribution in [3.05, 3.63) is 251 Å². The maximum atomic E-state index is 7.27. The highest BCUT2D eigenvalue weighted by molar-refractivity contribution is 7.62. The van der Waals surface area contributed by atoms with Crippen LogP contribution in [0.1, 0.15) is 46.7 Å². The molecule has 55 heavy (non-hydrogen) atoms. The predicted octanol–water partition coefficient (Wildman–Crippen LogP) is 12.5. The Bertz CT molecular complexity index is 2640. The van der Waals surface area contributed by atoms with E-state index in [9.17, 15) is 0 Å². The molecule has 4 aliphatic rings. The number of rotatable bonds is 8. The van der Waals surface area contributed by atoms with E-state index < -0.39 is 13.0 Å². The van der Waals surface area contributed by atoms with Crippen LogP contribution in [0.15, 0.2) is 217 Å². The van der Waals surface area contributed by atoms with Gasteiger partial charge in [0.2, 0.25) is 0 Å². The van der Waals surface area contributed by atoms with Crippen molar-refractivity contribution in [3.63, 3.8) is 0 Å². The SMILES string of the molecule is C=CC1=C(/C=C\C)C(c2ccccc2)([PH]2=CC=CC=C2)c2ccc(N(N)c3ccc4c(c3)C(/C3=C/C/C=C\C=C=C3)(c3ccccc3)c3ccccc3-4)cc21. The lowest BCUT2D eigenvalue weighted by atomic mass is 9.66. The fourth-order valence-electron chi connectivity index (χ4n) is 9.39. The van der Waals surface area contributed by atoms with Crippen LogP contribution in [-0.4, -0.2) is 5.80 Å². The van der Waals surface area contributed by atoms with Crippen LogP contribution < -0.4 is 10.9 Å². The molecule has 0 radical (unpaired) electrons. The molecule has 1 aliphatic heterocycles. The number of fused-ring (bicyclic) bond motifs is 4. The third-order valence-electron chi connectivity index (χ3n) is 11.6.